The number of halogens is 1. The Morgan fingerprint density at radius 2 is 1.75 bits per heavy atom. The lowest BCUT2D eigenvalue weighted by atomic mass is 9.84. The fourth-order valence-corrected chi connectivity index (χ4v) is 1.69. The third-order valence-electron chi connectivity index (χ3n) is 2.45. The first-order valence-electron chi connectivity index (χ1n) is 4.58. The molecule has 5 heteroatoms. The molecule has 2 N–H and O–H groups in total. The molecule has 0 aromatic heterocycles. The van der Waals surface area contributed by atoms with Crippen LogP contribution < -0.4 is 0 Å². The molecule has 1 aromatic rings. The summed E-state index contributed by atoms with van der Waals surface area (Å²) in [5.74, 6) is -2.67. The van der Waals surface area contributed by atoms with Crippen molar-refractivity contribution in [3.8, 4) is 0 Å². The van der Waals surface area contributed by atoms with Crippen molar-refractivity contribution in [1.29, 1.82) is 0 Å². The number of benzene rings is 1. The van der Waals surface area contributed by atoms with E-state index < -0.39 is 17.4 Å². The van der Waals surface area contributed by atoms with Crippen molar-refractivity contribution in [2.45, 2.75) is 13.3 Å². The molecule has 0 spiro atoms. The third kappa shape index (κ3) is 2.41. The summed E-state index contributed by atoms with van der Waals surface area (Å²) in [6.07, 6.45) is -0.0565. The molecule has 86 valence electrons. The number of hydrogen-bond donors (Lipinski definition) is 2. The monoisotopic (exact) mass is 286 g/mol. The summed E-state index contributed by atoms with van der Waals surface area (Å²) >= 11 is 3.26. The maximum atomic E-state index is 11.0. The van der Waals surface area contributed by atoms with Gasteiger partial charge in [-0.1, -0.05) is 34.1 Å². The first kappa shape index (κ1) is 12.7. The Kier molecular flexibility index (Phi) is 3.70. The molecule has 0 unspecified atom stereocenters. The molecular weight excluding hydrogens is 276 g/mol. The summed E-state index contributed by atoms with van der Waals surface area (Å²) < 4.78 is 0.712. The Hall–Kier alpha value is -1.36. The Morgan fingerprint density at radius 1 is 1.25 bits per heavy atom. The van der Waals surface area contributed by atoms with Gasteiger partial charge in [0, 0.05) is 10.9 Å². The molecule has 0 bridgehead atoms. The van der Waals surface area contributed by atoms with Crippen LogP contribution in [-0.4, -0.2) is 22.2 Å². The molecule has 0 heterocycles. The van der Waals surface area contributed by atoms with E-state index >= 15 is 0 Å². The van der Waals surface area contributed by atoms with Gasteiger partial charge in [-0.25, -0.2) is 0 Å². The van der Waals surface area contributed by atoms with Crippen LogP contribution >= 0.6 is 15.9 Å². The summed E-state index contributed by atoms with van der Waals surface area (Å²) in [6, 6.07) is 6.98. The minimum atomic E-state index is -1.80. The zero-order valence-corrected chi connectivity index (χ0v) is 10.2. The molecule has 0 atom stereocenters. The summed E-state index contributed by atoms with van der Waals surface area (Å²) in [6.45, 7) is 1.21. The van der Waals surface area contributed by atoms with Gasteiger partial charge in [0.2, 0.25) is 0 Å². The van der Waals surface area contributed by atoms with Crippen LogP contribution in [-0.2, 0) is 16.0 Å². The van der Waals surface area contributed by atoms with Crippen LogP contribution in [0, 0.1) is 5.41 Å². The lowest BCUT2D eigenvalue weighted by molar-refractivity contribution is -0.163. The number of carboxylic acid groups (broad SMARTS) is 2. The number of carbonyl (C=O) groups is 2. The van der Waals surface area contributed by atoms with E-state index in [9.17, 15) is 9.59 Å². The Balaban J connectivity index is 3.07. The quantitative estimate of drug-likeness (QED) is 0.832. The van der Waals surface area contributed by atoms with Crippen LogP contribution in [0.1, 0.15) is 12.5 Å². The van der Waals surface area contributed by atoms with Gasteiger partial charge in [0.25, 0.3) is 0 Å². The van der Waals surface area contributed by atoms with Crippen LogP contribution in [0.25, 0.3) is 0 Å². The van der Waals surface area contributed by atoms with E-state index in [1.54, 1.807) is 24.3 Å². The molecule has 0 aliphatic carbocycles. The second-order valence-corrected chi connectivity index (χ2v) is 4.56. The van der Waals surface area contributed by atoms with E-state index in [4.69, 9.17) is 10.2 Å². The standard InChI is InChI=1S/C11H11BrO4/c1-11(9(13)14,10(15)16)6-7-4-2-3-5-8(7)12/h2-5H,6H2,1H3,(H,13,14)(H,15,16). The van der Waals surface area contributed by atoms with Gasteiger partial charge in [0.05, 0.1) is 0 Å². The predicted octanol–water partition coefficient (Wildman–Crippen LogP) is 2.17. The van der Waals surface area contributed by atoms with Gasteiger partial charge in [0.15, 0.2) is 5.41 Å². The maximum Gasteiger partial charge on any atom is 0.321 e. The molecule has 0 amide bonds. The van der Waals surface area contributed by atoms with Gasteiger partial charge < -0.3 is 10.2 Å². The second-order valence-electron chi connectivity index (χ2n) is 3.71. The average molecular weight is 287 g/mol. The number of carboxylic acids is 2. The van der Waals surface area contributed by atoms with Crippen molar-refractivity contribution in [2.24, 2.45) is 5.41 Å². The van der Waals surface area contributed by atoms with E-state index in [-0.39, 0.29) is 6.42 Å². The van der Waals surface area contributed by atoms with Crippen LogP contribution in [0.2, 0.25) is 0 Å². The highest BCUT2D eigenvalue weighted by atomic mass is 79.9. The largest absolute Gasteiger partial charge is 0.480 e. The van der Waals surface area contributed by atoms with E-state index in [2.05, 4.69) is 15.9 Å². The van der Waals surface area contributed by atoms with Gasteiger partial charge in [-0.15, -0.1) is 0 Å². The molecule has 1 aromatic carbocycles. The highest BCUT2D eigenvalue weighted by molar-refractivity contribution is 9.10. The van der Waals surface area contributed by atoms with Gasteiger partial charge in [-0.2, -0.15) is 0 Å². The zero-order chi connectivity index (χ0) is 12.3. The van der Waals surface area contributed by atoms with Gasteiger partial charge in [-0.05, 0) is 18.6 Å². The van der Waals surface area contributed by atoms with Crippen molar-refractivity contribution < 1.29 is 19.8 Å². The molecule has 0 radical (unpaired) electrons. The molecule has 16 heavy (non-hydrogen) atoms. The van der Waals surface area contributed by atoms with Crippen molar-refractivity contribution in [2.75, 3.05) is 0 Å². The fraction of sp³-hybridized carbons (Fsp3) is 0.273. The SMILES string of the molecule is CC(Cc1ccccc1Br)(C(=O)O)C(=O)O. The molecular formula is C11H11BrO4. The van der Waals surface area contributed by atoms with Gasteiger partial charge >= 0.3 is 11.9 Å². The fourth-order valence-electron chi connectivity index (χ4n) is 1.27. The summed E-state index contributed by atoms with van der Waals surface area (Å²) in [5, 5.41) is 17.9. The molecule has 1 rings (SSSR count). The van der Waals surface area contributed by atoms with Crippen LogP contribution in [0.5, 0.6) is 0 Å². The minimum Gasteiger partial charge on any atom is -0.480 e. The molecule has 0 saturated heterocycles. The Labute approximate surface area is 101 Å². The lowest BCUT2D eigenvalue weighted by Crippen LogP contribution is -2.38. The van der Waals surface area contributed by atoms with E-state index in [0.29, 0.717) is 10.0 Å². The van der Waals surface area contributed by atoms with Crippen molar-refractivity contribution >= 4 is 27.9 Å². The van der Waals surface area contributed by atoms with Crippen LogP contribution in [0.4, 0.5) is 0 Å². The predicted molar refractivity (Wildman–Crippen MR) is 61.2 cm³/mol. The van der Waals surface area contributed by atoms with E-state index in [1.807, 2.05) is 0 Å². The van der Waals surface area contributed by atoms with Crippen molar-refractivity contribution in [3.05, 3.63) is 34.3 Å². The molecule has 0 saturated carbocycles. The average Bonchev–Trinajstić information content (AvgIpc) is 2.20. The summed E-state index contributed by atoms with van der Waals surface area (Å²) in [5.41, 5.74) is -1.14. The molecule has 4 nitrogen and oxygen atoms in total. The van der Waals surface area contributed by atoms with Crippen LogP contribution in [0.3, 0.4) is 0 Å². The third-order valence-corrected chi connectivity index (χ3v) is 3.22. The molecule has 0 fully saturated rings. The number of hydrogen-bond acceptors (Lipinski definition) is 2. The smallest absolute Gasteiger partial charge is 0.321 e. The molecule has 0 aliphatic rings. The first-order chi connectivity index (χ1) is 7.38. The number of rotatable bonds is 4. The summed E-state index contributed by atoms with van der Waals surface area (Å²) in [4.78, 5) is 22.0. The topological polar surface area (TPSA) is 74.6 Å². The first-order valence-corrected chi connectivity index (χ1v) is 5.37. The minimum absolute atomic E-state index is 0.0565. The van der Waals surface area contributed by atoms with Gasteiger partial charge in [-0.3, -0.25) is 9.59 Å². The van der Waals surface area contributed by atoms with E-state index in [0.717, 1.165) is 0 Å². The summed E-state index contributed by atoms with van der Waals surface area (Å²) in [7, 11) is 0. The lowest BCUT2D eigenvalue weighted by Gasteiger charge is -2.20. The highest BCUT2D eigenvalue weighted by Gasteiger charge is 2.41. The van der Waals surface area contributed by atoms with Gasteiger partial charge in [0.1, 0.15) is 0 Å². The van der Waals surface area contributed by atoms with Crippen molar-refractivity contribution in [1.82, 2.24) is 0 Å². The Bertz CT molecular complexity index is 414. The normalized spacial score (nSPS) is 11.1. The van der Waals surface area contributed by atoms with E-state index in [1.165, 1.54) is 6.92 Å². The zero-order valence-electron chi connectivity index (χ0n) is 8.61. The highest BCUT2D eigenvalue weighted by Crippen LogP contribution is 2.27. The van der Waals surface area contributed by atoms with Crippen LogP contribution in [0.15, 0.2) is 28.7 Å². The Morgan fingerprint density at radius 3 is 2.19 bits per heavy atom. The second kappa shape index (κ2) is 4.65. The van der Waals surface area contributed by atoms with Crippen molar-refractivity contribution in [3.63, 3.8) is 0 Å². The molecule has 0 aliphatic heterocycles. The number of aliphatic carboxylic acids is 2. The maximum absolute atomic E-state index is 11.0.